The molecule has 0 amide bonds. The van der Waals surface area contributed by atoms with Crippen LogP contribution in [0.1, 0.15) is 32.9 Å². The minimum atomic E-state index is 0.0482. The topological polar surface area (TPSA) is 56.7 Å². The van der Waals surface area contributed by atoms with E-state index in [4.69, 9.17) is 5.73 Å². The van der Waals surface area contributed by atoms with Crippen molar-refractivity contribution in [2.45, 2.75) is 39.7 Å². The van der Waals surface area contributed by atoms with E-state index >= 15 is 0 Å². The molecule has 0 saturated carbocycles. The zero-order valence-corrected chi connectivity index (χ0v) is 10.3. The molecule has 0 bridgehead atoms. The van der Waals surface area contributed by atoms with Gasteiger partial charge in [-0.25, -0.2) is 9.97 Å². The molecule has 4 heteroatoms. The Bertz CT molecular complexity index is 525. The van der Waals surface area contributed by atoms with E-state index in [0.29, 0.717) is 5.82 Å². The van der Waals surface area contributed by atoms with Crippen molar-refractivity contribution in [3.8, 4) is 0 Å². The number of hydrogen-bond donors (Lipinski definition) is 1. The Morgan fingerprint density at radius 1 is 1.38 bits per heavy atom. The molecule has 0 aliphatic carbocycles. The summed E-state index contributed by atoms with van der Waals surface area (Å²) in [6.45, 7) is 8.67. The summed E-state index contributed by atoms with van der Waals surface area (Å²) >= 11 is 0. The number of nitrogens with two attached hydrogens (primary N) is 1. The Kier molecular flexibility index (Phi) is 2.37. The lowest BCUT2D eigenvalue weighted by Gasteiger charge is -2.27. The number of aryl methyl sites for hydroxylation is 1. The molecule has 0 spiro atoms. The number of fused-ring (bicyclic) bond motifs is 1. The second-order valence-electron chi connectivity index (χ2n) is 4.78. The van der Waals surface area contributed by atoms with Crippen LogP contribution in [0.2, 0.25) is 0 Å². The van der Waals surface area contributed by atoms with E-state index in [2.05, 4.69) is 48.3 Å². The van der Waals surface area contributed by atoms with Crippen molar-refractivity contribution in [2.75, 3.05) is 5.73 Å². The van der Waals surface area contributed by atoms with Crippen molar-refractivity contribution in [2.24, 2.45) is 0 Å². The summed E-state index contributed by atoms with van der Waals surface area (Å²) in [7, 11) is 0. The van der Waals surface area contributed by atoms with Crippen LogP contribution in [0.25, 0.3) is 11.0 Å². The fourth-order valence-electron chi connectivity index (χ4n) is 2.08. The summed E-state index contributed by atoms with van der Waals surface area (Å²) in [6, 6.07) is 2.06. The molecule has 16 heavy (non-hydrogen) atoms. The summed E-state index contributed by atoms with van der Waals surface area (Å²) in [4.78, 5) is 8.37. The Morgan fingerprint density at radius 3 is 2.69 bits per heavy atom. The van der Waals surface area contributed by atoms with E-state index in [1.807, 2.05) is 0 Å². The summed E-state index contributed by atoms with van der Waals surface area (Å²) in [5.74, 6) is 0.554. The van der Waals surface area contributed by atoms with Gasteiger partial charge in [0.05, 0.1) is 5.39 Å². The third-order valence-electron chi connectivity index (χ3n) is 3.28. The molecule has 2 aromatic rings. The van der Waals surface area contributed by atoms with E-state index < -0.39 is 0 Å². The SMILES string of the molecule is CCC(C)(C)n1c(C)cc2c(N)ncnc21. The van der Waals surface area contributed by atoms with Gasteiger partial charge in [0.2, 0.25) is 0 Å². The third kappa shape index (κ3) is 1.45. The first-order valence-corrected chi connectivity index (χ1v) is 5.56. The monoisotopic (exact) mass is 218 g/mol. The number of nitrogen functional groups attached to an aromatic ring is 1. The number of rotatable bonds is 2. The molecule has 0 unspecified atom stereocenters. The molecule has 2 rings (SSSR count). The predicted octanol–water partition coefficient (Wildman–Crippen LogP) is 2.47. The van der Waals surface area contributed by atoms with Crippen LogP contribution in [-0.2, 0) is 5.54 Å². The van der Waals surface area contributed by atoms with E-state index in [1.165, 1.54) is 12.0 Å². The van der Waals surface area contributed by atoms with Gasteiger partial charge in [-0.1, -0.05) is 6.92 Å². The Balaban J connectivity index is 2.80. The summed E-state index contributed by atoms with van der Waals surface area (Å²) in [5.41, 5.74) is 8.01. The van der Waals surface area contributed by atoms with Crippen molar-refractivity contribution >= 4 is 16.9 Å². The second-order valence-corrected chi connectivity index (χ2v) is 4.78. The molecule has 0 aromatic carbocycles. The normalized spacial score (nSPS) is 12.2. The molecule has 0 aliphatic heterocycles. The van der Waals surface area contributed by atoms with E-state index in [-0.39, 0.29) is 5.54 Å². The lowest BCUT2D eigenvalue weighted by Crippen LogP contribution is -2.26. The maximum atomic E-state index is 5.86. The van der Waals surface area contributed by atoms with Crippen LogP contribution >= 0.6 is 0 Å². The van der Waals surface area contributed by atoms with Gasteiger partial charge in [-0.05, 0) is 33.3 Å². The van der Waals surface area contributed by atoms with Crippen LogP contribution in [-0.4, -0.2) is 14.5 Å². The fourth-order valence-corrected chi connectivity index (χ4v) is 2.08. The van der Waals surface area contributed by atoms with Gasteiger partial charge in [0.15, 0.2) is 0 Å². The first kappa shape index (κ1) is 10.9. The quantitative estimate of drug-likeness (QED) is 0.842. The van der Waals surface area contributed by atoms with Gasteiger partial charge in [0, 0.05) is 11.2 Å². The minimum absolute atomic E-state index is 0.0482. The van der Waals surface area contributed by atoms with Crippen molar-refractivity contribution in [1.82, 2.24) is 14.5 Å². The average molecular weight is 218 g/mol. The molecule has 2 N–H and O–H groups in total. The van der Waals surface area contributed by atoms with Gasteiger partial charge in [0.25, 0.3) is 0 Å². The van der Waals surface area contributed by atoms with Gasteiger partial charge < -0.3 is 10.3 Å². The molecule has 0 radical (unpaired) electrons. The highest BCUT2D eigenvalue weighted by Crippen LogP contribution is 2.29. The lowest BCUT2D eigenvalue weighted by atomic mass is 10.0. The standard InChI is InChI=1S/C12H18N4/c1-5-12(3,4)16-8(2)6-9-10(13)14-7-15-11(9)16/h6-7H,5H2,1-4H3,(H2,13,14,15). The Hall–Kier alpha value is -1.58. The van der Waals surface area contributed by atoms with Gasteiger partial charge in [-0.15, -0.1) is 0 Å². The molecule has 0 atom stereocenters. The van der Waals surface area contributed by atoms with Crippen LogP contribution < -0.4 is 5.73 Å². The zero-order valence-electron chi connectivity index (χ0n) is 10.3. The van der Waals surface area contributed by atoms with E-state index in [0.717, 1.165) is 17.5 Å². The zero-order chi connectivity index (χ0) is 11.9. The predicted molar refractivity (Wildman–Crippen MR) is 66.3 cm³/mol. The fraction of sp³-hybridized carbons (Fsp3) is 0.500. The number of anilines is 1. The molecular formula is C12H18N4. The molecule has 86 valence electrons. The summed E-state index contributed by atoms with van der Waals surface area (Å²) < 4.78 is 2.24. The van der Waals surface area contributed by atoms with Gasteiger partial charge in [-0.3, -0.25) is 0 Å². The van der Waals surface area contributed by atoms with Crippen LogP contribution in [0.3, 0.4) is 0 Å². The highest BCUT2D eigenvalue weighted by atomic mass is 15.1. The first-order chi connectivity index (χ1) is 7.47. The van der Waals surface area contributed by atoms with Crippen LogP contribution in [0, 0.1) is 6.92 Å². The van der Waals surface area contributed by atoms with Gasteiger partial charge in [0.1, 0.15) is 17.8 Å². The number of aromatic nitrogens is 3. The number of hydrogen-bond acceptors (Lipinski definition) is 3. The van der Waals surface area contributed by atoms with Gasteiger partial charge >= 0.3 is 0 Å². The average Bonchev–Trinajstić information content (AvgIpc) is 2.57. The smallest absolute Gasteiger partial charge is 0.146 e. The van der Waals surface area contributed by atoms with Crippen molar-refractivity contribution in [1.29, 1.82) is 0 Å². The first-order valence-electron chi connectivity index (χ1n) is 5.56. The van der Waals surface area contributed by atoms with E-state index in [9.17, 15) is 0 Å². The van der Waals surface area contributed by atoms with Crippen molar-refractivity contribution in [3.05, 3.63) is 18.1 Å². The maximum absolute atomic E-state index is 5.86. The highest BCUT2D eigenvalue weighted by molar-refractivity contribution is 5.87. The largest absolute Gasteiger partial charge is 0.383 e. The van der Waals surface area contributed by atoms with Crippen LogP contribution in [0.4, 0.5) is 5.82 Å². The molecule has 2 aromatic heterocycles. The van der Waals surface area contributed by atoms with Crippen molar-refractivity contribution < 1.29 is 0 Å². The molecule has 0 aliphatic rings. The molecule has 0 saturated heterocycles. The van der Waals surface area contributed by atoms with Gasteiger partial charge in [-0.2, -0.15) is 0 Å². The highest BCUT2D eigenvalue weighted by Gasteiger charge is 2.23. The molecule has 2 heterocycles. The van der Waals surface area contributed by atoms with Crippen LogP contribution in [0.5, 0.6) is 0 Å². The molecule has 0 fully saturated rings. The Morgan fingerprint density at radius 2 is 2.06 bits per heavy atom. The Labute approximate surface area is 95.5 Å². The van der Waals surface area contributed by atoms with Crippen molar-refractivity contribution in [3.63, 3.8) is 0 Å². The second kappa shape index (κ2) is 3.47. The maximum Gasteiger partial charge on any atom is 0.146 e. The summed E-state index contributed by atoms with van der Waals surface area (Å²) in [6.07, 6.45) is 2.57. The van der Waals surface area contributed by atoms with E-state index in [1.54, 1.807) is 0 Å². The van der Waals surface area contributed by atoms with Crippen LogP contribution in [0.15, 0.2) is 12.4 Å². The summed E-state index contributed by atoms with van der Waals surface area (Å²) in [5, 5.41) is 0.946. The third-order valence-corrected chi connectivity index (χ3v) is 3.28. The molecular weight excluding hydrogens is 200 g/mol. The molecule has 4 nitrogen and oxygen atoms in total. The number of nitrogens with zero attached hydrogens (tertiary/aromatic N) is 3. The minimum Gasteiger partial charge on any atom is -0.383 e. The lowest BCUT2D eigenvalue weighted by molar-refractivity contribution is 0.346.